The van der Waals surface area contributed by atoms with E-state index in [1.807, 2.05) is 30.9 Å². The number of rotatable bonds is 7. The van der Waals surface area contributed by atoms with Gasteiger partial charge < -0.3 is 10.2 Å². The number of hydrogen-bond acceptors (Lipinski definition) is 4. The fourth-order valence-corrected chi connectivity index (χ4v) is 2.88. The van der Waals surface area contributed by atoms with Crippen molar-refractivity contribution in [3.8, 4) is 5.69 Å². The molecule has 0 fully saturated rings. The number of thioether (sulfide) groups is 1. The van der Waals surface area contributed by atoms with Crippen molar-refractivity contribution < 1.29 is 0 Å². The maximum atomic E-state index is 5.48. The minimum Gasteiger partial charge on any atom is -0.363 e. The van der Waals surface area contributed by atoms with Crippen LogP contribution < -0.4 is 5.32 Å². The van der Waals surface area contributed by atoms with Crippen molar-refractivity contribution in [2.24, 2.45) is 0 Å². The van der Waals surface area contributed by atoms with Crippen LogP contribution in [-0.2, 0) is 0 Å². The summed E-state index contributed by atoms with van der Waals surface area (Å²) in [5, 5.41) is 8.25. The Kier molecular flexibility index (Phi) is 6.85. The van der Waals surface area contributed by atoms with Crippen molar-refractivity contribution >= 4 is 29.1 Å². The lowest BCUT2D eigenvalue weighted by molar-refractivity contribution is 0.396. The molecule has 0 aliphatic rings. The highest BCUT2D eigenvalue weighted by atomic mass is 32.2. The van der Waals surface area contributed by atoms with E-state index in [0.717, 1.165) is 29.5 Å². The van der Waals surface area contributed by atoms with Crippen LogP contribution in [0.5, 0.6) is 0 Å². The highest BCUT2D eigenvalue weighted by Gasteiger charge is 2.14. The Hall–Kier alpha value is -1.60. The van der Waals surface area contributed by atoms with E-state index in [9.17, 15) is 0 Å². The molecule has 0 spiro atoms. The molecule has 124 valence electrons. The summed E-state index contributed by atoms with van der Waals surface area (Å²) in [5.74, 6) is 1.15. The van der Waals surface area contributed by atoms with E-state index in [1.54, 1.807) is 11.0 Å². The maximum Gasteiger partial charge on any atom is 0.169 e. The van der Waals surface area contributed by atoms with Gasteiger partial charge in [-0.1, -0.05) is 12.1 Å². The van der Waals surface area contributed by atoms with E-state index < -0.39 is 0 Å². The number of nitrogens with zero attached hydrogens (tertiary/aromatic N) is 4. The van der Waals surface area contributed by atoms with Crippen LogP contribution in [-0.4, -0.2) is 50.4 Å². The van der Waals surface area contributed by atoms with E-state index in [4.69, 9.17) is 12.2 Å². The van der Waals surface area contributed by atoms with Gasteiger partial charge in [-0.3, -0.25) is 0 Å². The highest BCUT2D eigenvalue weighted by Crippen LogP contribution is 2.20. The number of aromatic nitrogens is 3. The van der Waals surface area contributed by atoms with Gasteiger partial charge in [0.05, 0.1) is 11.7 Å². The van der Waals surface area contributed by atoms with Crippen LogP contribution in [0.3, 0.4) is 0 Å². The summed E-state index contributed by atoms with van der Waals surface area (Å²) in [4.78, 5) is 6.06. The van der Waals surface area contributed by atoms with Crippen molar-refractivity contribution in [3.05, 3.63) is 42.5 Å². The van der Waals surface area contributed by atoms with Gasteiger partial charge in [-0.25, -0.2) is 9.67 Å². The summed E-state index contributed by atoms with van der Waals surface area (Å²) in [6.07, 6.45) is 6.47. The second-order valence-electron chi connectivity index (χ2n) is 5.30. The first kappa shape index (κ1) is 17.7. The first-order valence-electron chi connectivity index (χ1n) is 7.58. The normalized spacial score (nSPS) is 12.0. The van der Waals surface area contributed by atoms with Crippen molar-refractivity contribution in [2.45, 2.75) is 19.4 Å². The Morgan fingerprint density at radius 1 is 1.39 bits per heavy atom. The van der Waals surface area contributed by atoms with Crippen LogP contribution in [0, 0.1) is 0 Å². The third kappa shape index (κ3) is 4.94. The van der Waals surface area contributed by atoms with Crippen LogP contribution in [0.2, 0.25) is 0 Å². The fraction of sp³-hybridized carbons (Fsp3) is 0.438. The minimum absolute atomic E-state index is 0.209. The lowest BCUT2D eigenvalue weighted by atomic mass is 10.1. The smallest absolute Gasteiger partial charge is 0.169 e. The molecule has 1 aromatic carbocycles. The molecule has 1 N–H and O–H groups in total. The summed E-state index contributed by atoms with van der Waals surface area (Å²) in [5.41, 5.74) is 2.21. The predicted octanol–water partition coefficient (Wildman–Crippen LogP) is 2.89. The van der Waals surface area contributed by atoms with Gasteiger partial charge in [0.1, 0.15) is 12.7 Å². The molecule has 1 atom stereocenters. The second-order valence-corrected chi connectivity index (χ2v) is 6.67. The van der Waals surface area contributed by atoms with E-state index in [2.05, 4.69) is 45.6 Å². The fourth-order valence-electron chi connectivity index (χ4n) is 2.18. The summed E-state index contributed by atoms with van der Waals surface area (Å²) in [6.45, 7) is 3.07. The average Bonchev–Trinajstić information content (AvgIpc) is 3.12. The third-order valence-corrected chi connectivity index (χ3v) is 4.89. The Labute approximate surface area is 147 Å². The molecule has 5 nitrogen and oxygen atoms in total. The topological polar surface area (TPSA) is 46.0 Å². The molecule has 0 saturated carbocycles. The van der Waals surface area contributed by atoms with Crippen molar-refractivity contribution in [2.75, 3.05) is 25.6 Å². The van der Waals surface area contributed by atoms with Gasteiger partial charge in [-0.05, 0) is 55.3 Å². The maximum absolute atomic E-state index is 5.48. The van der Waals surface area contributed by atoms with Gasteiger partial charge in [-0.15, -0.1) is 0 Å². The Bertz CT molecular complexity index is 597. The molecule has 2 rings (SSSR count). The molecule has 0 unspecified atom stereocenters. The molecule has 1 aromatic heterocycles. The standard InChI is InChI=1S/C16H23N5S2/c1-13(20(2)16(22)18-9-4-10-23-3)14-5-7-15(8-6-14)21-12-17-11-19-21/h5-8,11-13H,4,9-10H2,1-3H3,(H,18,22)/t13-/m1/s1. The molecular weight excluding hydrogens is 326 g/mol. The summed E-state index contributed by atoms with van der Waals surface area (Å²) < 4.78 is 1.75. The first-order valence-corrected chi connectivity index (χ1v) is 9.38. The van der Waals surface area contributed by atoms with Gasteiger partial charge in [0, 0.05) is 13.6 Å². The molecule has 1 heterocycles. The molecule has 2 aromatic rings. The quantitative estimate of drug-likeness (QED) is 0.613. The highest BCUT2D eigenvalue weighted by molar-refractivity contribution is 7.98. The average molecular weight is 350 g/mol. The molecular formula is C16H23N5S2. The second kappa shape index (κ2) is 8.88. The van der Waals surface area contributed by atoms with Crippen molar-refractivity contribution in [1.82, 2.24) is 25.0 Å². The summed E-state index contributed by atoms with van der Waals surface area (Å²) >= 11 is 7.34. The SMILES string of the molecule is CSCCCNC(=S)N(C)[C@H](C)c1ccc(-n2cncn2)cc1. The zero-order valence-corrected chi connectivity index (χ0v) is 15.4. The molecule has 7 heteroatoms. The zero-order chi connectivity index (χ0) is 16.7. The van der Waals surface area contributed by atoms with Crippen LogP contribution >= 0.6 is 24.0 Å². The first-order chi connectivity index (χ1) is 11.1. The van der Waals surface area contributed by atoms with Crippen LogP contribution in [0.15, 0.2) is 36.9 Å². The van der Waals surface area contributed by atoms with E-state index in [-0.39, 0.29) is 6.04 Å². The van der Waals surface area contributed by atoms with Crippen LogP contribution in [0.25, 0.3) is 5.69 Å². The number of nitrogens with one attached hydrogen (secondary N) is 1. The molecule has 0 radical (unpaired) electrons. The van der Waals surface area contributed by atoms with Gasteiger partial charge in [0.25, 0.3) is 0 Å². The molecule has 0 aliphatic heterocycles. The lowest BCUT2D eigenvalue weighted by Gasteiger charge is -2.28. The summed E-state index contributed by atoms with van der Waals surface area (Å²) in [6, 6.07) is 8.51. The van der Waals surface area contributed by atoms with E-state index >= 15 is 0 Å². The van der Waals surface area contributed by atoms with Gasteiger partial charge in [-0.2, -0.15) is 16.9 Å². The molecule has 0 bridgehead atoms. The number of benzene rings is 1. The van der Waals surface area contributed by atoms with Crippen molar-refractivity contribution in [1.29, 1.82) is 0 Å². The third-order valence-electron chi connectivity index (χ3n) is 3.76. The van der Waals surface area contributed by atoms with Gasteiger partial charge >= 0.3 is 0 Å². The Balaban J connectivity index is 1.93. The van der Waals surface area contributed by atoms with Crippen molar-refractivity contribution in [3.63, 3.8) is 0 Å². The summed E-state index contributed by atoms with van der Waals surface area (Å²) in [7, 11) is 2.03. The number of thiocarbonyl (C=S) groups is 1. The molecule has 0 amide bonds. The van der Waals surface area contributed by atoms with E-state index in [0.29, 0.717) is 0 Å². The van der Waals surface area contributed by atoms with Gasteiger partial charge in [0.15, 0.2) is 5.11 Å². The molecule has 23 heavy (non-hydrogen) atoms. The van der Waals surface area contributed by atoms with E-state index in [1.165, 1.54) is 11.9 Å². The largest absolute Gasteiger partial charge is 0.363 e. The van der Waals surface area contributed by atoms with Crippen LogP contribution in [0.4, 0.5) is 0 Å². The molecule has 0 aliphatic carbocycles. The molecule has 0 saturated heterocycles. The van der Waals surface area contributed by atoms with Crippen LogP contribution in [0.1, 0.15) is 24.9 Å². The Morgan fingerprint density at radius 3 is 2.74 bits per heavy atom. The number of hydrogen-bond donors (Lipinski definition) is 1. The zero-order valence-electron chi connectivity index (χ0n) is 13.8. The minimum atomic E-state index is 0.209. The monoisotopic (exact) mass is 349 g/mol. The van der Waals surface area contributed by atoms with Gasteiger partial charge in [0.2, 0.25) is 0 Å². The predicted molar refractivity (Wildman–Crippen MR) is 101 cm³/mol. The Morgan fingerprint density at radius 2 is 2.13 bits per heavy atom. The lowest BCUT2D eigenvalue weighted by Crippen LogP contribution is -2.39.